The van der Waals surface area contributed by atoms with Crippen molar-refractivity contribution >= 4 is 23.3 Å². The average molecular weight is 487 g/mol. The van der Waals surface area contributed by atoms with Gasteiger partial charge in [-0.3, -0.25) is 9.69 Å². The number of benzene rings is 1. The maximum absolute atomic E-state index is 12.7. The van der Waals surface area contributed by atoms with Gasteiger partial charge in [0.05, 0.1) is 18.2 Å². The highest BCUT2D eigenvalue weighted by molar-refractivity contribution is 7.09. The van der Waals surface area contributed by atoms with Gasteiger partial charge in [0, 0.05) is 57.1 Å². The molecule has 0 unspecified atom stereocenters. The first-order valence-electron chi connectivity index (χ1n) is 12.1. The number of rotatable bonds is 7. The number of hydrogen-bond acceptors (Lipinski definition) is 7. The zero-order chi connectivity index (χ0) is 23.9. The van der Waals surface area contributed by atoms with Crippen molar-refractivity contribution in [2.24, 2.45) is 5.92 Å². The lowest BCUT2D eigenvalue weighted by molar-refractivity contribution is 0.0627. The van der Waals surface area contributed by atoms with E-state index in [9.17, 15) is 9.59 Å². The summed E-state index contributed by atoms with van der Waals surface area (Å²) >= 11 is 1.51. The largest absolute Gasteiger partial charge is 0.493 e. The first kappa shape index (κ1) is 24.5. The summed E-state index contributed by atoms with van der Waals surface area (Å²) in [7, 11) is 0. The minimum absolute atomic E-state index is 0.0292. The number of thiazole rings is 1. The molecular formula is C25H34N4O4S. The van der Waals surface area contributed by atoms with Gasteiger partial charge in [-0.15, -0.1) is 11.3 Å². The van der Waals surface area contributed by atoms with Gasteiger partial charge in [-0.1, -0.05) is 12.1 Å². The summed E-state index contributed by atoms with van der Waals surface area (Å²) in [4.78, 5) is 34.9. The van der Waals surface area contributed by atoms with E-state index in [0.29, 0.717) is 44.5 Å². The Morgan fingerprint density at radius 2 is 1.85 bits per heavy atom. The molecule has 0 saturated carbocycles. The molecule has 0 aliphatic carbocycles. The molecule has 2 aliphatic heterocycles. The molecule has 0 spiro atoms. The fourth-order valence-corrected chi connectivity index (χ4v) is 5.06. The van der Waals surface area contributed by atoms with Gasteiger partial charge in [0.1, 0.15) is 11.4 Å². The van der Waals surface area contributed by atoms with Crippen molar-refractivity contribution in [3.63, 3.8) is 0 Å². The zero-order valence-electron chi connectivity index (χ0n) is 20.1. The first-order chi connectivity index (χ1) is 16.5. The van der Waals surface area contributed by atoms with Crippen LogP contribution in [0.2, 0.25) is 0 Å². The normalized spacial score (nSPS) is 19.2. The highest BCUT2D eigenvalue weighted by Gasteiger charge is 2.26. The van der Waals surface area contributed by atoms with Crippen LogP contribution in [0.15, 0.2) is 29.6 Å². The Morgan fingerprint density at radius 3 is 2.53 bits per heavy atom. The highest BCUT2D eigenvalue weighted by atomic mass is 32.1. The Balaban J connectivity index is 1.20. The van der Waals surface area contributed by atoms with E-state index < -0.39 is 0 Å². The summed E-state index contributed by atoms with van der Waals surface area (Å²) in [5, 5.41) is 2.77. The number of piperidine rings is 1. The zero-order valence-corrected chi connectivity index (χ0v) is 20.9. The van der Waals surface area contributed by atoms with Crippen molar-refractivity contribution < 1.29 is 19.1 Å². The monoisotopic (exact) mass is 486 g/mol. The van der Waals surface area contributed by atoms with E-state index in [4.69, 9.17) is 9.47 Å². The van der Waals surface area contributed by atoms with Gasteiger partial charge < -0.3 is 19.3 Å². The van der Waals surface area contributed by atoms with Gasteiger partial charge in [-0.25, -0.2) is 9.78 Å². The fourth-order valence-electron chi connectivity index (χ4n) is 4.48. The van der Waals surface area contributed by atoms with Crippen LogP contribution in [0.1, 0.15) is 40.8 Å². The molecule has 2 amide bonds. The van der Waals surface area contributed by atoms with Crippen LogP contribution in [-0.2, 0) is 11.3 Å². The Hall–Kier alpha value is -2.65. The molecule has 3 heterocycles. The second-order valence-corrected chi connectivity index (χ2v) is 9.99. The Labute approximate surface area is 205 Å². The molecule has 1 atom stereocenters. The molecule has 4 rings (SSSR count). The fraction of sp³-hybridized carbons (Fsp3) is 0.560. The van der Waals surface area contributed by atoms with Crippen LogP contribution < -0.4 is 4.74 Å². The molecule has 2 aliphatic rings. The van der Waals surface area contributed by atoms with Crippen molar-refractivity contribution in [3.8, 4) is 5.75 Å². The highest BCUT2D eigenvalue weighted by Crippen LogP contribution is 2.22. The van der Waals surface area contributed by atoms with E-state index >= 15 is 0 Å². The lowest BCUT2D eigenvalue weighted by Crippen LogP contribution is -2.48. The predicted octanol–water partition coefficient (Wildman–Crippen LogP) is 3.66. The van der Waals surface area contributed by atoms with Gasteiger partial charge in [0.2, 0.25) is 0 Å². The lowest BCUT2D eigenvalue weighted by Gasteiger charge is -2.34. The van der Waals surface area contributed by atoms with Crippen molar-refractivity contribution in [3.05, 3.63) is 45.9 Å². The third-order valence-corrected chi connectivity index (χ3v) is 7.13. The van der Waals surface area contributed by atoms with E-state index in [1.54, 1.807) is 4.90 Å². The van der Waals surface area contributed by atoms with E-state index in [0.717, 1.165) is 49.8 Å². The number of piperazine rings is 1. The molecule has 0 bridgehead atoms. The molecule has 0 radical (unpaired) electrons. The Morgan fingerprint density at radius 1 is 1.09 bits per heavy atom. The summed E-state index contributed by atoms with van der Waals surface area (Å²) in [5.74, 6) is 1.21. The minimum atomic E-state index is -0.215. The number of aryl methyl sites for hydroxylation is 1. The first-order valence-corrected chi connectivity index (χ1v) is 13.0. The lowest BCUT2D eigenvalue weighted by atomic mass is 9.98. The van der Waals surface area contributed by atoms with Gasteiger partial charge in [-0.05, 0) is 44.4 Å². The number of carbonyl (C=O) groups is 2. The summed E-state index contributed by atoms with van der Waals surface area (Å²) in [6, 6.07) is 8.25. The van der Waals surface area contributed by atoms with Crippen molar-refractivity contribution in [1.29, 1.82) is 0 Å². The quantitative estimate of drug-likeness (QED) is 0.595. The van der Waals surface area contributed by atoms with Gasteiger partial charge in [-0.2, -0.15) is 0 Å². The number of nitrogens with zero attached hydrogens (tertiary/aromatic N) is 4. The Bertz CT molecular complexity index is 956. The number of ether oxygens (including phenoxy) is 2. The van der Waals surface area contributed by atoms with E-state index in [1.807, 2.05) is 36.3 Å². The van der Waals surface area contributed by atoms with E-state index in [2.05, 4.69) is 22.0 Å². The van der Waals surface area contributed by atoms with Crippen molar-refractivity contribution in [2.45, 2.75) is 33.2 Å². The molecule has 0 N–H and O–H groups in total. The van der Waals surface area contributed by atoms with Gasteiger partial charge in [0.25, 0.3) is 5.91 Å². The SMILES string of the molecule is CCOC(=O)N1CCN(Cc2ccc(OC[C@@H]3CCCN(C(=O)c4csc(C)n4)C3)cc2)CC1. The number of carbonyl (C=O) groups excluding carboxylic acids is 2. The average Bonchev–Trinajstić information content (AvgIpc) is 3.30. The number of amides is 2. The maximum atomic E-state index is 12.7. The topological polar surface area (TPSA) is 75.2 Å². The predicted molar refractivity (Wildman–Crippen MR) is 131 cm³/mol. The summed E-state index contributed by atoms with van der Waals surface area (Å²) in [5.41, 5.74) is 1.78. The molecule has 1 aromatic heterocycles. The van der Waals surface area contributed by atoms with Crippen molar-refractivity contribution in [1.82, 2.24) is 19.7 Å². The van der Waals surface area contributed by atoms with E-state index in [-0.39, 0.29) is 12.0 Å². The van der Waals surface area contributed by atoms with Crippen LogP contribution in [0.25, 0.3) is 0 Å². The molecule has 8 nitrogen and oxygen atoms in total. The summed E-state index contributed by atoms with van der Waals surface area (Å²) in [6.07, 6.45) is 1.84. The molecule has 9 heteroatoms. The molecule has 184 valence electrons. The third-order valence-electron chi connectivity index (χ3n) is 6.36. The van der Waals surface area contributed by atoms with Crippen LogP contribution >= 0.6 is 11.3 Å². The third kappa shape index (κ3) is 6.48. The van der Waals surface area contributed by atoms with Gasteiger partial charge in [0.15, 0.2) is 0 Å². The number of hydrogen-bond donors (Lipinski definition) is 0. The molecule has 2 aromatic rings. The molecule has 34 heavy (non-hydrogen) atoms. The smallest absolute Gasteiger partial charge is 0.409 e. The Kier molecular flexibility index (Phi) is 8.39. The van der Waals surface area contributed by atoms with Crippen LogP contribution in [0.5, 0.6) is 5.75 Å². The summed E-state index contributed by atoms with van der Waals surface area (Å²) in [6.45, 7) is 10.2. The molecule has 1 aromatic carbocycles. The standard InChI is InChI=1S/C25H34N4O4S/c1-3-32-25(31)28-13-11-27(12-14-28)15-20-6-8-22(9-7-20)33-17-21-5-4-10-29(16-21)24(30)23-18-34-19(2)26-23/h6-9,18,21H,3-5,10-17H2,1-2H3/t21-/m1/s1. The number of aromatic nitrogens is 1. The van der Waals surface area contributed by atoms with Crippen LogP contribution in [0.3, 0.4) is 0 Å². The van der Waals surface area contributed by atoms with Crippen LogP contribution in [0.4, 0.5) is 4.79 Å². The number of likely N-dealkylation sites (tertiary alicyclic amines) is 1. The molecule has 2 fully saturated rings. The van der Waals surface area contributed by atoms with Crippen molar-refractivity contribution in [2.75, 3.05) is 52.5 Å². The van der Waals surface area contributed by atoms with E-state index in [1.165, 1.54) is 16.9 Å². The second-order valence-electron chi connectivity index (χ2n) is 8.93. The molecule has 2 saturated heterocycles. The minimum Gasteiger partial charge on any atom is -0.493 e. The molecular weight excluding hydrogens is 452 g/mol. The van der Waals surface area contributed by atoms with Gasteiger partial charge >= 0.3 is 6.09 Å². The maximum Gasteiger partial charge on any atom is 0.409 e. The van der Waals surface area contributed by atoms with Crippen LogP contribution in [-0.4, -0.2) is 84.2 Å². The second kappa shape index (κ2) is 11.7. The van der Waals surface area contributed by atoms with Crippen LogP contribution in [0, 0.1) is 12.8 Å². The summed E-state index contributed by atoms with van der Waals surface area (Å²) < 4.78 is 11.2.